The summed E-state index contributed by atoms with van der Waals surface area (Å²) in [6, 6.07) is 5.54. The number of hydrogen-bond donors (Lipinski definition) is 2. The molecule has 0 atom stereocenters. The number of fused-ring (bicyclic) bond motifs is 1. The van der Waals surface area contributed by atoms with Gasteiger partial charge in [0, 0.05) is 25.7 Å². The molecule has 1 saturated heterocycles. The Hall–Kier alpha value is -2.12. The second-order valence-electron chi connectivity index (χ2n) is 5.24. The first kappa shape index (κ1) is 14.8. The van der Waals surface area contributed by atoms with Crippen molar-refractivity contribution < 1.29 is 19.4 Å². The molecule has 1 aromatic carbocycles. The van der Waals surface area contributed by atoms with E-state index in [2.05, 4.69) is 14.9 Å². The Morgan fingerprint density at radius 3 is 3.00 bits per heavy atom. The summed E-state index contributed by atoms with van der Waals surface area (Å²) in [7, 11) is 0. The fourth-order valence-electron chi connectivity index (χ4n) is 2.48. The van der Waals surface area contributed by atoms with Gasteiger partial charge in [0.1, 0.15) is 24.6 Å². The lowest BCUT2D eigenvalue weighted by Crippen LogP contribution is -2.38. The van der Waals surface area contributed by atoms with Gasteiger partial charge in [-0.3, -0.25) is 9.69 Å². The SMILES string of the molecule is O=C(O)Cc1nc2ccc(OCCN3CCOCC3)cc2[nH]1. The third-order valence-electron chi connectivity index (χ3n) is 3.60. The maximum atomic E-state index is 10.7. The molecule has 0 unspecified atom stereocenters. The summed E-state index contributed by atoms with van der Waals surface area (Å²) in [6.07, 6.45) is -0.109. The molecule has 0 amide bonds. The Labute approximate surface area is 127 Å². The second-order valence-corrected chi connectivity index (χ2v) is 5.24. The Kier molecular flexibility index (Phi) is 4.55. The van der Waals surface area contributed by atoms with E-state index >= 15 is 0 Å². The summed E-state index contributed by atoms with van der Waals surface area (Å²) in [6.45, 7) is 4.94. The minimum atomic E-state index is -0.902. The summed E-state index contributed by atoms with van der Waals surface area (Å²) in [4.78, 5) is 20.3. The number of carboxylic acids is 1. The third-order valence-corrected chi connectivity index (χ3v) is 3.60. The number of aliphatic carboxylic acids is 1. The minimum Gasteiger partial charge on any atom is -0.492 e. The highest BCUT2D eigenvalue weighted by Gasteiger charge is 2.10. The van der Waals surface area contributed by atoms with Crippen LogP contribution in [0.15, 0.2) is 18.2 Å². The van der Waals surface area contributed by atoms with Crippen LogP contribution < -0.4 is 4.74 Å². The Morgan fingerprint density at radius 2 is 2.23 bits per heavy atom. The van der Waals surface area contributed by atoms with E-state index in [9.17, 15) is 4.79 Å². The predicted octanol–water partition coefficient (Wildman–Crippen LogP) is 0.901. The van der Waals surface area contributed by atoms with Crippen molar-refractivity contribution in [2.75, 3.05) is 39.5 Å². The molecule has 2 N–H and O–H groups in total. The van der Waals surface area contributed by atoms with Crippen LogP contribution in [0.1, 0.15) is 5.82 Å². The molecular formula is C15H19N3O4. The fraction of sp³-hybridized carbons (Fsp3) is 0.467. The number of imidazole rings is 1. The molecule has 3 rings (SSSR count). The zero-order valence-electron chi connectivity index (χ0n) is 12.2. The predicted molar refractivity (Wildman–Crippen MR) is 80.2 cm³/mol. The molecule has 0 bridgehead atoms. The lowest BCUT2D eigenvalue weighted by Gasteiger charge is -2.26. The second kappa shape index (κ2) is 6.76. The minimum absolute atomic E-state index is 0.109. The number of aromatic nitrogens is 2. The molecule has 7 nitrogen and oxygen atoms in total. The van der Waals surface area contributed by atoms with E-state index in [1.807, 2.05) is 18.2 Å². The average Bonchev–Trinajstić information content (AvgIpc) is 2.89. The fourth-order valence-corrected chi connectivity index (χ4v) is 2.48. The number of rotatable bonds is 6. The summed E-state index contributed by atoms with van der Waals surface area (Å²) in [5.41, 5.74) is 1.54. The van der Waals surface area contributed by atoms with E-state index < -0.39 is 5.97 Å². The molecular weight excluding hydrogens is 286 g/mol. The van der Waals surface area contributed by atoms with Gasteiger partial charge >= 0.3 is 5.97 Å². The summed E-state index contributed by atoms with van der Waals surface area (Å²) in [5.74, 6) is 0.306. The first-order valence-electron chi connectivity index (χ1n) is 7.34. The van der Waals surface area contributed by atoms with E-state index in [0.29, 0.717) is 12.4 Å². The van der Waals surface area contributed by atoms with E-state index in [1.54, 1.807) is 0 Å². The third kappa shape index (κ3) is 3.75. The van der Waals surface area contributed by atoms with Crippen molar-refractivity contribution in [1.29, 1.82) is 0 Å². The number of aromatic amines is 1. The number of benzene rings is 1. The molecule has 2 heterocycles. The Bertz CT molecular complexity index is 649. The van der Waals surface area contributed by atoms with Crippen LogP contribution in [0.2, 0.25) is 0 Å². The summed E-state index contributed by atoms with van der Waals surface area (Å²) in [5, 5.41) is 8.79. The molecule has 118 valence electrons. The maximum absolute atomic E-state index is 10.7. The molecule has 1 aliphatic heterocycles. The highest BCUT2D eigenvalue weighted by Crippen LogP contribution is 2.19. The van der Waals surface area contributed by atoms with Crippen molar-refractivity contribution >= 4 is 17.0 Å². The number of carbonyl (C=O) groups is 1. The topological polar surface area (TPSA) is 87.7 Å². The molecule has 22 heavy (non-hydrogen) atoms. The van der Waals surface area contributed by atoms with Gasteiger partial charge in [0.15, 0.2) is 0 Å². The van der Waals surface area contributed by atoms with Crippen LogP contribution in [0.3, 0.4) is 0 Å². The number of nitrogens with one attached hydrogen (secondary N) is 1. The maximum Gasteiger partial charge on any atom is 0.311 e. The van der Waals surface area contributed by atoms with E-state index in [-0.39, 0.29) is 6.42 Å². The number of morpholine rings is 1. The Balaban J connectivity index is 1.58. The van der Waals surface area contributed by atoms with Crippen LogP contribution in [0.4, 0.5) is 0 Å². The van der Waals surface area contributed by atoms with Gasteiger partial charge in [-0.25, -0.2) is 4.98 Å². The van der Waals surface area contributed by atoms with Crippen LogP contribution in [-0.2, 0) is 16.0 Å². The molecule has 1 aromatic heterocycles. The Morgan fingerprint density at radius 1 is 1.41 bits per heavy atom. The van der Waals surface area contributed by atoms with Gasteiger partial charge in [-0.2, -0.15) is 0 Å². The first-order chi connectivity index (χ1) is 10.7. The average molecular weight is 305 g/mol. The highest BCUT2D eigenvalue weighted by molar-refractivity contribution is 5.78. The quantitative estimate of drug-likeness (QED) is 0.824. The van der Waals surface area contributed by atoms with Crippen LogP contribution in [-0.4, -0.2) is 65.4 Å². The van der Waals surface area contributed by atoms with Crippen molar-refractivity contribution in [2.45, 2.75) is 6.42 Å². The molecule has 0 aliphatic carbocycles. The van der Waals surface area contributed by atoms with Gasteiger partial charge in [-0.15, -0.1) is 0 Å². The number of carboxylic acid groups (broad SMARTS) is 1. The molecule has 0 saturated carbocycles. The van der Waals surface area contributed by atoms with Crippen LogP contribution in [0.5, 0.6) is 5.75 Å². The number of hydrogen-bond acceptors (Lipinski definition) is 5. The molecule has 0 radical (unpaired) electrons. The number of nitrogens with zero attached hydrogens (tertiary/aromatic N) is 2. The zero-order valence-corrected chi connectivity index (χ0v) is 12.2. The van der Waals surface area contributed by atoms with Gasteiger partial charge in [0.25, 0.3) is 0 Å². The smallest absolute Gasteiger partial charge is 0.311 e. The van der Waals surface area contributed by atoms with Crippen molar-refractivity contribution in [3.63, 3.8) is 0 Å². The van der Waals surface area contributed by atoms with E-state index in [1.165, 1.54) is 0 Å². The summed E-state index contributed by atoms with van der Waals surface area (Å²) >= 11 is 0. The number of H-pyrrole nitrogens is 1. The van der Waals surface area contributed by atoms with Gasteiger partial charge < -0.3 is 19.6 Å². The monoisotopic (exact) mass is 305 g/mol. The molecule has 0 spiro atoms. The van der Waals surface area contributed by atoms with Crippen molar-refractivity contribution in [2.24, 2.45) is 0 Å². The summed E-state index contributed by atoms with van der Waals surface area (Å²) < 4.78 is 11.1. The van der Waals surface area contributed by atoms with Gasteiger partial charge in [0.2, 0.25) is 0 Å². The molecule has 1 fully saturated rings. The van der Waals surface area contributed by atoms with Gasteiger partial charge in [-0.05, 0) is 12.1 Å². The lowest BCUT2D eigenvalue weighted by molar-refractivity contribution is -0.136. The standard InChI is InChI=1S/C15H19N3O4/c19-15(20)10-14-16-12-2-1-11(9-13(12)17-14)22-8-5-18-3-6-21-7-4-18/h1-2,9H,3-8,10H2,(H,16,17)(H,19,20). The van der Waals surface area contributed by atoms with Crippen LogP contribution in [0, 0.1) is 0 Å². The highest BCUT2D eigenvalue weighted by atomic mass is 16.5. The van der Waals surface area contributed by atoms with E-state index in [0.717, 1.165) is 49.6 Å². The van der Waals surface area contributed by atoms with Crippen molar-refractivity contribution in [1.82, 2.24) is 14.9 Å². The largest absolute Gasteiger partial charge is 0.492 e. The van der Waals surface area contributed by atoms with Crippen LogP contribution in [0.25, 0.3) is 11.0 Å². The molecule has 7 heteroatoms. The van der Waals surface area contributed by atoms with Gasteiger partial charge in [-0.1, -0.05) is 0 Å². The van der Waals surface area contributed by atoms with Crippen molar-refractivity contribution in [3.05, 3.63) is 24.0 Å². The lowest BCUT2D eigenvalue weighted by atomic mass is 10.3. The van der Waals surface area contributed by atoms with Gasteiger partial charge in [0.05, 0.1) is 24.2 Å². The number of ether oxygens (including phenoxy) is 2. The molecule has 1 aliphatic rings. The first-order valence-corrected chi connectivity index (χ1v) is 7.34. The van der Waals surface area contributed by atoms with E-state index in [4.69, 9.17) is 14.6 Å². The van der Waals surface area contributed by atoms with Crippen molar-refractivity contribution in [3.8, 4) is 5.75 Å². The zero-order chi connectivity index (χ0) is 15.4. The normalized spacial score (nSPS) is 16.0. The van der Waals surface area contributed by atoms with Crippen LogP contribution >= 0.6 is 0 Å². The molecule has 2 aromatic rings.